The lowest BCUT2D eigenvalue weighted by atomic mass is 10.3. The fraction of sp³-hybridized carbons (Fsp3) is 0.250. The minimum atomic E-state index is -0.319. The molecule has 1 aromatic carbocycles. The van der Waals surface area contributed by atoms with Gasteiger partial charge in [-0.15, -0.1) is 0 Å². The van der Waals surface area contributed by atoms with Crippen LogP contribution < -0.4 is 4.74 Å². The topological polar surface area (TPSA) is 27.1 Å². The molecule has 0 aliphatic rings. The molecule has 1 aromatic heterocycles. The van der Waals surface area contributed by atoms with Gasteiger partial charge in [0.1, 0.15) is 11.6 Å². The third-order valence-corrected chi connectivity index (χ3v) is 2.19. The Hall–Kier alpha value is -1.84. The molecule has 4 heteroatoms. The highest BCUT2D eigenvalue weighted by Crippen LogP contribution is 2.22. The van der Waals surface area contributed by atoms with Gasteiger partial charge < -0.3 is 4.74 Å². The van der Waals surface area contributed by atoms with Crippen molar-refractivity contribution in [3.8, 4) is 11.8 Å². The van der Waals surface area contributed by atoms with E-state index in [0.29, 0.717) is 11.8 Å². The molecule has 0 N–H and O–H groups in total. The third kappa shape index (κ3) is 2.21. The van der Waals surface area contributed by atoms with Crippen LogP contribution in [-0.2, 0) is 0 Å². The quantitative estimate of drug-likeness (QED) is 0.792. The minimum absolute atomic E-state index is 0.256. The lowest BCUT2D eigenvalue weighted by Crippen LogP contribution is -2.02. The van der Waals surface area contributed by atoms with Crippen LogP contribution in [0, 0.1) is 5.82 Å². The molecule has 3 nitrogen and oxygen atoms in total. The van der Waals surface area contributed by atoms with E-state index in [1.165, 1.54) is 12.1 Å². The first-order chi connectivity index (χ1) is 7.66. The Morgan fingerprint density at radius 2 is 2.19 bits per heavy atom. The highest BCUT2D eigenvalue weighted by molar-refractivity contribution is 5.25. The second-order valence-corrected chi connectivity index (χ2v) is 3.77. The van der Waals surface area contributed by atoms with Crippen molar-refractivity contribution in [2.75, 3.05) is 0 Å². The molecule has 0 aliphatic carbocycles. The third-order valence-electron chi connectivity index (χ3n) is 2.19. The molecule has 0 saturated carbocycles. The highest BCUT2D eigenvalue weighted by Gasteiger charge is 2.08. The minimum Gasteiger partial charge on any atom is -0.425 e. The van der Waals surface area contributed by atoms with Crippen LogP contribution in [-0.4, -0.2) is 9.55 Å². The molecule has 16 heavy (non-hydrogen) atoms. The van der Waals surface area contributed by atoms with Crippen LogP contribution >= 0.6 is 0 Å². The van der Waals surface area contributed by atoms with Crippen LogP contribution in [0.2, 0.25) is 0 Å². The molecule has 0 spiro atoms. The van der Waals surface area contributed by atoms with Gasteiger partial charge in [0.25, 0.3) is 0 Å². The fourth-order valence-electron chi connectivity index (χ4n) is 1.41. The number of benzene rings is 1. The van der Waals surface area contributed by atoms with Crippen molar-refractivity contribution in [3.63, 3.8) is 0 Å². The fourth-order valence-corrected chi connectivity index (χ4v) is 1.41. The van der Waals surface area contributed by atoms with Gasteiger partial charge in [-0.05, 0) is 26.0 Å². The predicted molar refractivity (Wildman–Crippen MR) is 59.1 cm³/mol. The second kappa shape index (κ2) is 4.35. The van der Waals surface area contributed by atoms with Gasteiger partial charge in [0.05, 0.1) is 0 Å². The first kappa shape index (κ1) is 10.7. The summed E-state index contributed by atoms with van der Waals surface area (Å²) in [5, 5.41) is 0. The molecule has 84 valence electrons. The largest absolute Gasteiger partial charge is 0.425 e. The van der Waals surface area contributed by atoms with E-state index in [0.717, 1.165) is 0 Å². The number of hydrogen-bond donors (Lipinski definition) is 0. The van der Waals surface area contributed by atoms with Gasteiger partial charge in [-0.25, -0.2) is 9.37 Å². The summed E-state index contributed by atoms with van der Waals surface area (Å²) in [4.78, 5) is 4.08. The zero-order chi connectivity index (χ0) is 11.5. The summed E-state index contributed by atoms with van der Waals surface area (Å²) in [7, 11) is 0. The SMILES string of the molecule is CC(C)n1ccnc1Oc1cccc(F)c1. The first-order valence-electron chi connectivity index (χ1n) is 5.13. The summed E-state index contributed by atoms with van der Waals surface area (Å²) in [5.74, 6) is 0.133. The summed E-state index contributed by atoms with van der Waals surface area (Å²) in [6.45, 7) is 4.06. The molecule has 0 bridgehead atoms. The Labute approximate surface area is 93.5 Å². The number of rotatable bonds is 3. The highest BCUT2D eigenvalue weighted by atomic mass is 19.1. The molecule has 0 unspecified atom stereocenters. The number of aromatic nitrogens is 2. The zero-order valence-corrected chi connectivity index (χ0v) is 9.22. The molecule has 0 aliphatic heterocycles. The summed E-state index contributed by atoms with van der Waals surface area (Å²) >= 11 is 0. The molecule has 0 atom stereocenters. The average Bonchev–Trinajstić information content (AvgIpc) is 2.66. The molecule has 1 heterocycles. The van der Waals surface area contributed by atoms with E-state index < -0.39 is 0 Å². The van der Waals surface area contributed by atoms with Crippen LogP contribution in [0.3, 0.4) is 0 Å². The summed E-state index contributed by atoms with van der Waals surface area (Å²) < 4.78 is 20.3. The Kier molecular flexibility index (Phi) is 2.90. The van der Waals surface area contributed by atoms with E-state index in [2.05, 4.69) is 4.98 Å². The van der Waals surface area contributed by atoms with Crippen LogP contribution in [0.15, 0.2) is 36.7 Å². The van der Waals surface area contributed by atoms with Crippen molar-refractivity contribution in [3.05, 3.63) is 42.5 Å². The van der Waals surface area contributed by atoms with Crippen LogP contribution in [0.4, 0.5) is 4.39 Å². The smallest absolute Gasteiger partial charge is 0.302 e. The van der Waals surface area contributed by atoms with Gasteiger partial charge in [-0.1, -0.05) is 6.07 Å². The monoisotopic (exact) mass is 220 g/mol. The number of halogens is 1. The van der Waals surface area contributed by atoms with E-state index in [4.69, 9.17) is 4.74 Å². The van der Waals surface area contributed by atoms with Gasteiger partial charge in [-0.3, -0.25) is 4.57 Å². The summed E-state index contributed by atoms with van der Waals surface area (Å²) in [5.41, 5.74) is 0. The predicted octanol–water partition coefficient (Wildman–Crippen LogP) is 3.40. The lowest BCUT2D eigenvalue weighted by Gasteiger charge is -2.11. The van der Waals surface area contributed by atoms with Crippen LogP contribution in [0.25, 0.3) is 0 Å². The van der Waals surface area contributed by atoms with Gasteiger partial charge >= 0.3 is 6.01 Å². The molecule has 0 radical (unpaired) electrons. The molecule has 0 saturated heterocycles. The van der Waals surface area contributed by atoms with Crippen molar-refractivity contribution < 1.29 is 9.13 Å². The van der Waals surface area contributed by atoms with Crippen LogP contribution in [0.1, 0.15) is 19.9 Å². The summed E-state index contributed by atoms with van der Waals surface area (Å²) in [6, 6.07) is 6.74. The number of nitrogens with zero attached hydrogens (tertiary/aromatic N) is 2. The maximum absolute atomic E-state index is 12.9. The standard InChI is InChI=1S/C12H13FN2O/c1-9(2)15-7-6-14-12(15)16-11-5-3-4-10(13)8-11/h3-9H,1-2H3. The summed E-state index contributed by atoms with van der Waals surface area (Å²) in [6.07, 6.45) is 3.49. The Morgan fingerprint density at radius 3 is 2.88 bits per heavy atom. The molecular weight excluding hydrogens is 207 g/mol. The Morgan fingerprint density at radius 1 is 1.38 bits per heavy atom. The normalized spacial score (nSPS) is 10.8. The van der Waals surface area contributed by atoms with E-state index in [9.17, 15) is 4.39 Å². The number of ether oxygens (including phenoxy) is 1. The lowest BCUT2D eigenvalue weighted by molar-refractivity contribution is 0.393. The molecule has 2 rings (SSSR count). The molecule has 0 amide bonds. The zero-order valence-electron chi connectivity index (χ0n) is 9.22. The number of hydrogen-bond acceptors (Lipinski definition) is 2. The van der Waals surface area contributed by atoms with Crippen molar-refractivity contribution >= 4 is 0 Å². The van der Waals surface area contributed by atoms with Gasteiger partial charge in [-0.2, -0.15) is 0 Å². The molecule has 0 fully saturated rings. The first-order valence-corrected chi connectivity index (χ1v) is 5.13. The maximum Gasteiger partial charge on any atom is 0.302 e. The maximum atomic E-state index is 12.9. The second-order valence-electron chi connectivity index (χ2n) is 3.77. The van der Waals surface area contributed by atoms with E-state index in [-0.39, 0.29) is 11.9 Å². The van der Waals surface area contributed by atoms with Crippen LogP contribution in [0.5, 0.6) is 11.8 Å². The van der Waals surface area contributed by atoms with Crippen molar-refractivity contribution in [2.45, 2.75) is 19.9 Å². The average molecular weight is 220 g/mol. The van der Waals surface area contributed by atoms with Crippen molar-refractivity contribution in [2.24, 2.45) is 0 Å². The van der Waals surface area contributed by atoms with E-state index in [1.54, 1.807) is 18.3 Å². The Bertz CT molecular complexity index is 479. The molecular formula is C12H13FN2O. The van der Waals surface area contributed by atoms with Crippen molar-refractivity contribution in [1.82, 2.24) is 9.55 Å². The van der Waals surface area contributed by atoms with Crippen molar-refractivity contribution in [1.29, 1.82) is 0 Å². The van der Waals surface area contributed by atoms with Gasteiger partial charge in [0.15, 0.2) is 0 Å². The Balaban J connectivity index is 2.24. The van der Waals surface area contributed by atoms with Gasteiger partial charge in [0.2, 0.25) is 0 Å². The van der Waals surface area contributed by atoms with E-state index >= 15 is 0 Å². The molecule has 2 aromatic rings. The number of imidazole rings is 1. The van der Waals surface area contributed by atoms with Gasteiger partial charge in [0, 0.05) is 24.5 Å². The van der Waals surface area contributed by atoms with E-state index in [1.807, 2.05) is 24.6 Å².